The van der Waals surface area contributed by atoms with Crippen LogP contribution in [0.25, 0.3) is 0 Å². The third kappa shape index (κ3) is 19.2. The minimum atomic E-state index is -0.949. The van der Waals surface area contributed by atoms with E-state index in [1.807, 2.05) is 42.5 Å². The third-order valence-electron chi connectivity index (χ3n) is 8.03. The van der Waals surface area contributed by atoms with Crippen molar-refractivity contribution >= 4 is 18.2 Å². The summed E-state index contributed by atoms with van der Waals surface area (Å²) in [6, 6.07) is 9.58. The van der Waals surface area contributed by atoms with Gasteiger partial charge in [-0.05, 0) is 75.3 Å². The van der Waals surface area contributed by atoms with Gasteiger partial charge in [-0.25, -0.2) is 9.59 Å². The van der Waals surface area contributed by atoms with Crippen molar-refractivity contribution in [1.29, 1.82) is 0 Å². The van der Waals surface area contributed by atoms with Crippen LogP contribution < -0.4 is 5.32 Å². The Morgan fingerprint density at radius 1 is 0.922 bits per heavy atom. The second-order valence-corrected chi connectivity index (χ2v) is 11.8. The number of nitrogens with one attached hydrogen (secondary N) is 1. The molecule has 0 spiro atoms. The van der Waals surface area contributed by atoms with Crippen LogP contribution in [0.3, 0.4) is 0 Å². The van der Waals surface area contributed by atoms with Gasteiger partial charge in [0, 0.05) is 25.8 Å². The van der Waals surface area contributed by atoms with Gasteiger partial charge in [0.1, 0.15) is 12.2 Å². The number of hydrogen-bond acceptors (Lipinski definition) is 14. The summed E-state index contributed by atoms with van der Waals surface area (Å²) in [5.41, 5.74) is 1.02. The fourth-order valence-electron chi connectivity index (χ4n) is 5.40. The number of amides is 1. The van der Waals surface area contributed by atoms with Gasteiger partial charge in [0.05, 0.1) is 32.5 Å². The van der Waals surface area contributed by atoms with E-state index in [1.165, 1.54) is 0 Å². The Balaban J connectivity index is 2.12. The molecule has 0 aliphatic heterocycles. The maximum Gasteiger partial charge on any atom is 0.508 e. The summed E-state index contributed by atoms with van der Waals surface area (Å²) in [6.45, 7) is -0.322. The Hall–Kier alpha value is -4.93. The van der Waals surface area contributed by atoms with Crippen molar-refractivity contribution in [3.8, 4) is 0 Å². The number of benzene rings is 1. The summed E-state index contributed by atoms with van der Waals surface area (Å²) < 4.78 is 21.6. The van der Waals surface area contributed by atoms with Crippen LogP contribution in [0.15, 0.2) is 54.6 Å². The summed E-state index contributed by atoms with van der Waals surface area (Å²) in [6.07, 6.45) is 7.59. The molecule has 2 N–H and O–H groups in total. The number of nitrogens with zero attached hydrogens (tertiary/aromatic N) is 2. The van der Waals surface area contributed by atoms with E-state index in [0.717, 1.165) is 5.56 Å². The van der Waals surface area contributed by atoms with Crippen molar-refractivity contribution in [2.75, 3.05) is 33.5 Å². The number of carbonyl (C=O) groups is 3. The summed E-state index contributed by atoms with van der Waals surface area (Å²) in [7, 11) is 1.58. The van der Waals surface area contributed by atoms with Gasteiger partial charge in [-0.15, -0.1) is 20.2 Å². The van der Waals surface area contributed by atoms with Gasteiger partial charge >= 0.3 is 12.3 Å². The molecular formula is C34H49N3O14. The minimum absolute atomic E-state index is 0.0256. The van der Waals surface area contributed by atoms with Gasteiger partial charge in [-0.3, -0.25) is 4.79 Å². The lowest BCUT2D eigenvalue weighted by Crippen LogP contribution is -2.26. The maximum atomic E-state index is 12.6. The number of carbonyl (C=O) groups excluding carboxylic acids is 3. The molecule has 17 heteroatoms. The molecule has 17 nitrogen and oxygen atoms in total. The first-order chi connectivity index (χ1) is 24.6. The second-order valence-electron chi connectivity index (χ2n) is 11.8. The molecule has 1 saturated carbocycles. The Morgan fingerprint density at radius 3 is 2.18 bits per heavy atom. The lowest BCUT2D eigenvalue weighted by molar-refractivity contribution is -0.757. The van der Waals surface area contributed by atoms with Crippen LogP contribution in [-0.4, -0.2) is 85.3 Å². The molecule has 1 aromatic carbocycles. The predicted molar refractivity (Wildman–Crippen MR) is 180 cm³/mol. The zero-order valence-electron chi connectivity index (χ0n) is 28.8. The van der Waals surface area contributed by atoms with Gasteiger partial charge < -0.3 is 39.0 Å². The molecule has 0 unspecified atom stereocenters. The molecule has 0 radical (unpaired) electrons. The zero-order chi connectivity index (χ0) is 37.3. The lowest BCUT2D eigenvalue weighted by atomic mass is 9.89. The lowest BCUT2D eigenvalue weighted by Gasteiger charge is -2.23. The normalized spacial score (nSPS) is 18.9. The van der Waals surface area contributed by atoms with E-state index < -0.39 is 46.7 Å². The molecule has 1 fully saturated rings. The number of ether oxygens (including phenoxy) is 4. The molecule has 0 aromatic heterocycles. The van der Waals surface area contributed by atoms with E-state index in [2.05, 4.69) is 15.0 Å². The SMILES string of the molecule is CNC(=O)CCCC=CC[C@@H]1[C@@H](C=C[C@H](CCc2ccccc2)OC(=O)OCCCCO[N+](=O)[O-])[C@H](OC(=O)OCCCCO[N+](=O)[O-])C[C@@H]1O. The van der Waals surface area contributed by atoms with Crippen molar-refractivity contribution in [3.05, 3.63) is 80.4 Å². The average molecular weight is 724 g/mol. The van der Waals surface area contributed by atoms with Crippen LogP contribution in [0, 0.1) is 32.1 Å². The van der Waals surface area contributed by atoms with Gasteiger partial charge in [0.15, 0.2) is 0 Å². The van der Waals surface area contributed by atoms with Crippen LogP contribution in [0.5, 0.6) is 0 Å². The Kier molecular flexibility index (Phi) is 20.8. The van der Waals surface area contributed by atoms with Crippen LogP contribution >= 0.6 is 0 Å². The van der Waals surface area contributed by atoms with Crippen molar-refractivity contribution < 1.29 is 58.3 Å². The quantitative estimate of drug-likeness (QED) is 0.0442. The highest BCUT2D eigenvalue weighted by Crippen LogP contribution is 2.38. The number of rotatable bonds is 25. The minimum Gasteiger partial charge on any atom is -0.434 e. The van der Waals surface area contributed by atoms with Crippen molar-refractivity contribution in [2.24, 2.45) is 11.8 Å². The van der Waals surface area contributed by atoms with Gasteiger partial charge in [0.2, 0.25) is 5.91 Å². The second kappa shape index (κ2) is 25.1. The van der Waals surface area contributed by atoms with E-state index in [4.69, 9.17) is 18.9 Å². The molecule has 2 rings (SSSR count). The highest BCUT2D eigenvalue weighted by Gasteiger charge is 2.43. The average Bonchev–Trinajstić information content (AvgIpc) is 3.39. The van der Waals surface area contributed by atoms with Crippen LogP contribution in [-0.2, 0) is 39.8 Å². The van der Waals surface area contributed by atoms with E-state index in [0.29, 0.717) is 64.2 Å². The van der Waals surface area contributed by atoms with Gasteiger partial charge in [-0.2, -0.15) is 0 Å². The highest BCUT2D eigenvalue weighted by atomic mass is 17.0. The molecule has 0 bridgehead atoms. The van der Waals surface area contributed by atoms with Crippen molar-refractivity contribution in [1.82, 2.24) is 5.32 Å². The molecule has 1 aromatic rings. The highest BCUT2D eigenvalue weighted by molar-refractivity contribution is 5.75. The first kappa shape index (κ1) is 42.2. The van der Waals surface area contributed by atoms with Gasteiger partial charge in [0.25, 0.3) is 10.2 Å². The summed E-state index contributed by atoms with van der Waals surface area (Å²) >= 11 is 0. The Morgan fingerprint density at radius 2 is 1.55 bits per heavy atom. The molecule has 5 atom stereocenters. The standard InChI is InChI=1S/C34H49N3O14/c1-35-32(39)16-8-3-2-7-15-28-29(31(25-30(28)38)51-34(41)47-22-10-12-24-49-37(44)45)20-19-27(18-17-26-13-5-4-6-14-26)50-33(40)46-21-9-11-23-48-36(42)43/h2,4-7,13-14,19-20,27-31,38H,3,8-12,15-18,21-25H2,1H3,(H,35,39)/t27-,28+,29+,30-,31+/m0/s1. The predicted octanol–water partition coefficient (Wildman–Crippen LogP) is 5.06. The van der Waals surface area contributed by atoms with Crippen LogP contribution in [0.4, 0.5) is 9.59 Å². The maximum absolute atomic E-state index is 12.6. The molecule has 1 amide bonds. The van der Waals surface area contributed by atoms with Crippen LogP contribution in [0.2, 0.25) is 0 Å². The molecule has 0 heterocycles. The molecular weight excluding hydrogens is 674 g/mol. The Labute approximate surface area is 296 Å². The fraction of sp³-hybridized carbons (Fsp3) is 0.618. The Bertz CT molecular complexity index is 1260. The topological polar surface area (TPSA) is 225 Å². The zero-order valence-corrected chi connectivity index (χ0v) is 28.8. The smallest absolute Gasteiger partial charge is 0.434 e. The van der Waals surface area contributed by atoms with E-state index in [9.17, 15) is 39.7 Å². The summed E-state index contributed by atoms with van der Waals surface area (Å²) in [4.78, 5) is 65.8. The third-order valence-corrected chi connectivity index (χ3v) is 8.03. The summed E-state index contributed by atoms with van der Waals surface area (Å²) in [5.74, 6) is -0.902. The number of allylic oxidation sites excluding steroid dienone is 2. The number of aliphatic hydroxyl groups excluding tert-OH is 1. The summed E-state index contributed by atoms with van der Waals surface area (Å²) in [5, 5.41) is 32.4. The van der Waals surface area contributed by atoms with Crippen molar-refractivity contribution in [3.63, 3.8) is 0 Å². The van der Waals surface area contributed by atoms with Crippen molar-refractivity contribution in [2.45, 2.75) is 88.9 Å². The number of aliphatic hydroxyl groups is 1. The first-order valence-electron chi connectivity index (χ1n) is 17.1. The monoisotopic (exact) mass is 723 g/mol. The number of aryl methyl sites for hydroxylation is 1. The van der Waals surface area contributed by atoms with E-state index >= 15 is 0 Å². The molecule has 0 saturated heterocycles. The molecule has 1 aliphatic carbocycles. The number of hydrogen-bond donors (Lipinski definition) is 2. The van der Waals surface area contributed by atoms with E-state index in [1.54, 1.807) is 19.2 Å². The largest absolute Gasteiger partial charge is 0.508 e. The molecule has 1 aliphatic rings. The van der Waals surface area contributed by atoms with Gasteiger partial charge in [-0.1, -0.05) is 48.6 Å². The fourth-order valence-corrected chi connectivity index (χ4v) is 5.40. The van der Waals surface area contributed by atoms with E-state index in [-0.39, 0.29) is 44.7 Å². The molecule has 51 heavy (non-hydrogen) atoms. The first-order valence-corrected chi connectivity index (χ1v) is 17.1. The molecule has 284 valence electrons. The van der Waals surface area contributed by atoms with Crippen LogP contribution in [0.1, 0.15) is 69.8 Å². The number of unbranched alkanes of at least 4 members (excludes halogenated alkanes) is 3.